The van der Waals surface area contributed by atoms with Gasteiger partial charge < -0.3 is 14.8 Å². The number of ether oxygens (including phenoxy) is 2. The fraction of sp³-hybridized carbons (Fsp3) is 0.200. The molecule has 0 aliphatic heterocycles. The molecule has 1 aromatic heterocycles. The van der Waals surface area contributed by atoms with Crippen molar-refractivity contribution in [3.05, 3.63) is 54.1 Å². The Kier molecular flexibility index (Phi) is 6.40. The smallest absolute Gasteiger partial charge is 0.251 e. The summed E-state index contributed by atoms with van der Waals surface area (Å²) in [6.45, 7) is 1.60. The first-order valence-electron chi connectivity index (χ1n) is 8.74. The summed E-state index contributed by atoms with van der Waals surface area (Å²) in [5.74, 6) is 0.610. The number of methoxy groups -OCH3 is 2. The Balaban J connectivity index is 1.60. The van der Waals surface area contributed by atoms with Gasteiger partial charge in [-0.3, -0.25) is 14.9 Å². The van der Waals surface area contributed by atoms with Crippen molar-refractivity contribution >= 4 is 28.3 Å². The highest BCUT2D eigenvalue weighted by Gasteiger charge is 2.18. The SMILES string of the molecule is COc1ccc(C(=O)N[C@@H](C)C(=O)Nc2nnc(-c3cccc(OC)c3)s2)cc1. The Morgan fingerprint density at radius 2 is 1.72 bits per heavy atom. The van der Waals surface area contributed by atoms with Gasteiger partial charge in [-0.05, 0) is 43.3 Å². The molecule has 150 valence electrons. The molecular weight excluding hydrogens is 392 g/mol. The third kappa shape index (κ3) is 5.08. The van der Waals surface area contributed by atoms with Gasteiger partial charge in [0.05, 0.1) is 14.2 Å². The van der Waals surface area contributed by atoms with Crippen molar-refractivity contribution in [1.82, 2.24) is 15.5 Å². The van der Waals surface area contributed by atoms with Crippen LogP contribution in [0.1, 0.15) is 17.3 Å². The van der Waals surface area contributed by atoms with Crippen LogP contribution >= 0.6 is 11.3 Å². The van der Waals surface area contributed by atoms with Crippen molar-refractivity contribution < 1.29 is 19.1 Å². The Hall–Kier alpha value is -3.46. The summed E-state index contributed by atoms with van der Waals surface area (Å²) < 4.78 is 10.3. The molecule has 0 spiro atoms. The molecule has 0 saturated heterocycles. The topological polar surface area (TPSA) is 102 Å². The number of nitrogens with one attached hydrogen (secondary N) is 2. The van der Waals surface area contributed by atoms with Crippen molar-refractivity contribution in [2.75, 3.05) is 19.5 Å². The maximum atomic E-state index is 12.4. The molecule has 0 unspecified atom stereocenters. The summed E-state index contributed by atoms with van der Waals surface area (Å²) in [6.07, 6.45) is 0. The fourth-order valence-electron chi connectivity index (χ4n) is 2.45. The average Bonchev–Trinajstić information content (AvgIpc) is 3.22. The number of rotatable bonds is 7. The van der Waals surface area contributed by atoms with Crippen molar-refractivity contribution in [2.24, 2.45) is 0 Å². The summed E-state index contributed by atoms with van der Waals surface area (Å²) in [5, 5.41) is 14.4. The monoisotopic (exact) mass is 412 g/mol. The van der Waals surface area contributed by atoms with Gasteiger partial charge in [0.2, 0.25) is 11.0 Å². The van der Waals surface area contributed by atoms with Crippen LogP contribution in [0.4, 0.5) is 5.13 Å². The summed E-state index contributed by atoms with van der Waals surface area (Å²) in [6, 6.07) is 13.3. The highest BCUT2D eigenvalue weighted by atomic mass is 32.1. The Labute approximate surface area is 171 Å². The zero-order valence-electron chi connectivity index (χ0n) is 16.1. The maximum Gasteiger partial charge on any atom is 0.251 e. The van der Waals surface area contributed by atoms with Crippen molar-refractivity contribution in [3.8, 4) is 22.1 Å². The molecule has 0 aliphatic carbocycles. The molecule has 3 aromatic rings. The molecule has 0 radical (unpaired) electrons. The van der Waals surface area contributed by atoms with E-state index in [9.17, 15) is 9.59 Å². The quantitative estimate of drug-likeness (QED) is 0.619. The van der Waals surface area contributed by atoms with Crippen LogP contribution in [-0.4, -0.2) is 42.3 Å². The number of hydrogen-bond donors (Lipinski definition) is 2. The lowest BCUT2D eigenvalue weighted by Crippen LogP contribution is -2.41. The second kappa shape index (κ2) is 9.16. The maximum absolute atomic E-state index is 12.4. The molecular formula is C20H20N4O4S. The highest BCUT2D eigenvalue weighted by molar-refractivity contribution is 7.18. The molecule has 0 fully saturated rings. The standard InChI is InChI=1S/C20H20N4O4S/c1-12(21-18(26)13-7-9-15(27-2)10-8-13)17(25)22-20-24-23-19(29-20)14-5-4-6-16(11-14)28-3/h4-12H,1-3H3,(H,21,26)(H,22,24,25)/t12-/m0/s1. The van der Waals surface area contributed by atoms with Crippen LogP contribution in [0.25, 0.3) is 10.6 Å². The van der Waals surface area contributed by atoms with Crippen molar-refractivity contribution in [1.29, 1.82) is 0 Å². The third-order valence-electron chi connectivity index (χ3n) is 4.06. The number of amides is 2. The zero-order valence-corrected chi connectivity index (χ0v) is 16.9. The molecule has 29 heavy (non-hydrogen) atoms. The molecule has 1 heterocycles. The third-order valence-corrected chi connectivity index (χ3v) is 4.95. The van der Waals surface area contributed by atoms with Crippen LogP contribution < -0.4 is 20.1 Å². The van der Waals surface area contributed by atoms with Crippen LogP contribution in [0.3, 0.4) is 0 Å². The number of anilines is 1. The van der Waals surface area contributed by atoms with Crippen LogP contribution in [0.5, 0.6) is 11.5 Å². The normalized spacial score (nSPS) is 11.4. The second-order valence-corrected chi connectivity index (χ2v) is 7.03. The highest BCUT2D eigenvalue weighted by Crippen LogP contribution is 2.28. The molecule has 0 saturated carbocycles. The Morgan fingerprint density at radius 3 is 2.41 bits per heavy atom. The summed E-state index contributed by atoms with van der Waals surface area (Å²) >= 11 is 1.23. The first kappa shape index (κ1) is 20.3. The largest absolute Gasteiger partial charge is 0.497 e. The molecule has 0 aliphatic rings. The molecule has 2 N–H and O–H groups in total. The lowest BCUT2D eigenvalue weighted by Gasteiger charge is -2.13. The van der Waals surface area contributed by atoms with E-state index in [1.54, 1.807) is 45.4 Å². The number of carbonyl (C=O) groups is 2. The van der Waals surface area contributed by atoms with Gasteiger partial charge in [0, 0.05) is 11.1 Å². The molecule has 1 atom stereocenters. The number of carbonyl (C=O) groups excluding carboxylic acids is 2. The van der Waals surface area contributed by atoms with Gasteiger partial charge in [-0.1, -0.05) is 23.5 Å². The van der Waals surface area contributed by atoms with Crippen molar-refractivity contribution in [2.45, 2.75) is 13.0 Å². The molecule has 8 nitrogen and oxygen atoms in total. The first-order chi connectivity index (χ1) is 14.0. The van der Waals surface area contributed by atoms with E-state index in [1.807, 2.05) is 24.3 Å². The molecule has 2 aromatic carbocycles. The van der Waals surface area contributed by atoms with Gasteiger partial charge in [-0.15, -0.1) is 10.2 Å². The molecule has 0 bridgehead atoms. The van der Waals surface area contributed by atoms with Gasteiger partial charge in [0.1, 0.15) is 22.5 Å². The van der Waals surface area contributed by atoms with Gasteiger partial charge in [-0.25, -0.2) is 0 Å². The van der Waals surface area contributed by atoms with Gasteiger partial charge in [-0.2, -0.15) is 0 Å². The van der Waals surface area contributed by atoms with E-state index in [4.69, 9.17) is 9.47 Å². The van der Waals surface area contributed by atoms with Crippen LogP contribution in [-0.2, 0) is 4.79 Å². The van der Waals surface area contributed by atoms with Crippen molar-refractivity contribution in [3.63, 3.8) is 0 Å². The van der Waals surface area contributed by atoms with Crippen LogP contribution in [0.2, 0.25) is 0 Å². The summed E-state index contributed by atoms with van der Waals surface area (Å²) in [4.78, 5) is 24.7. The Bertz CT molecular complexity index is 1000. The number of hydrogen-bond acceptors (Lipinski definition) is 7. The fourth-order valence-corrected chi connectivity index (χ4v) is 3.19. The zero-order chi connectivity index (χ0) is 20.8. The number of benzene rings is 2. The summed E-state index contributed by atoms with van der Waals surface area (Å²) in [7, 11) is 3.14. The predicted molar refractivity (Wildman–Crippen MR) is 110 cm³/mol. The predicted octanol–water partition coefficient (Wildman–Crippen LogP) is 2.98. The van der Waals surface area contributed by atoms with Gasteiger partial charge in [0.15, 0.2) is 0 Å². The van der Waals surface area contributed by atoms with E-state index in [-0.39, 0.29) is 11.8 Å². The average molecular weight is 412 g/mol. The lowest BCUT2D eigenvalue weighted by atomic mass is 10.2. The van der Waals surface area contributed by atoms with Crippen LogP contribution in [0.15, 0.2) is 48.5 Å². The molecule has 9 heteroatoms. The minimum atomic E-state index is -0.756. The van der Waals surface area contributed by atoms with E-state index >= 15 is 0 Å². The number of aromatic nitrogens is 2. The van der Waals surface area contributed by atoms with Gasteiger partial charge >= 0.3 is 0 Å². The van der Waals surface area contributed by atoms with E-state index < -0.39 is 6.04 Å². The van der Waals surface area contributed by atoms with E-state index in [0.29, 0.717) is 27.2 Å². The minimum absolute atomic E-state index is 0.346. The number of nitrogens with zero attached hydrogens (tertiary/aromatic N) is 2. The van der Waals surface area contributed by atoms with E-state index in [0.717, 1.165) is 5.56 Å². The van der Waals surface area contributed by atoms with Gasteiger partial charge in [0.25, 0.3) is 5.91 Å². The summed E-state index contributed by atoms with van der Waals surface area (Å²) in [5.41, 5.74) is 1.27. The molecule has 3 rings (SSSR count). The first-order valence-corrected chi connectivity index (χ1v) is 9.55. The van der Waals surface area contributed by atoms with E-state index in [1.165, 1.54) is 11.3 Å². The Morgan fingerprint density at radius 1 is 1.00 bits per heavy atom. The lowest BCUT2D eigenvalue weighted by molar-refractivity contribution is -0.117. The van der Waals surface area contributed by atoms with Crippen LogP contribution in [0, 0.1) is 0 Å². The van der Waals surface area contributed by atoms with E-state index in [2.05, 4.69) is 20.8 Å². The minimum Gasteiger partial charge on any atom is -0.497 e. The second-order valence-electron chi connectivity index (χ2n) is 6.06. The molecule has 2 amide bonds.